The zero-order valence-corrected chi connectivity index (χ0v) is 45.7. The second kappa shape index (κ2) is 30.0. The molecule has 2 bridgehead atoms. The smallest absolute Gasteiger partial charge is 0.410 e. The molecule has 1 saturated carbocycles. The van der Waals surface area contributed by atoms with Crippen molar-refractivity contribution in [2.45, 2.75) is 180 Å². The van der Waals surface area contributed by atoms with Gasteiger partial charge in [-0.25, -0.2) is 9.59 Å². The lowest BCUT2D eigenvalue weighted by Gasteiger charge is -2.42. The Morgan fingerprint density at radius 3 is 2.20 bits per heavy atom. The third-order valence-corrected chi connectivity index (χ3v) is 15.7. The average molecular weight is 1050 g/mol. The van der Waals surface area contributed by atoms with Gasteiger partial charge in [-0.05, 0) is 107 Å². The van der Waals surface area contributed by atoms with Crippen LogP contribution in [0.1, 0.15) is 126 Å². The highest BCUT2D eigenvalue weighted by Gasteiger charge is 2.53. The van der Waals surface area contributed by atoms with Crippen molar-refractivity contribution in [2.24, 2.45) is 35.5 Å². The molecule has 0 radical (unpaired) electrons. The number of aliphatic hydroxyl groups is 4. The molecule has 4 aliphatic rings. The van der Waals surface area contributed by atoms with E-state index in [1.165, 1.54) is 19.1 Å². The summed E-state index contributed by atoms with van der Waals surface area (Å²) in [5, 5.41) is 42.4. The molecule has 3 fully saturated rings. The second-order valence-corrected chi connectivity index (χ2v) is 21.4. The molecule has 418 valence electrons. The fraction of sp³-hybridized carbons (Fsp3) is 0.750. The van der Waals surface area contributed by atoms with Crippen LogP contribution >= 0.6 is 0 Å². The van der Waals surface area contributed by atoms with Crippen LogP contribution in [-0.2, 0) is 52.4 Å². The Bertz CT molecular complexity index is 2000. The van der Waals surface area contributed by atoms with Gasteiger partial charge in [0.25, 0.3) is 11.7 Å². The molecule has 1 unspecified atom stereocenters. The van der Waals surface area contributed by atoms with Gasteiger partial charge in [-0.1, -0.05) is 71.1 Å². The third-order valence-electron chi connectivity index (χ3n) is 15.7. The minimum absolute atomic E-state index is 0.00648. The van der Waals surface area contributed by atoms with Crippen LogP contribution in [0.2, 0.25) is 0 Å². The molecule has 15 atom stereocenters. The largest absolute Gasteiger partial charge is 0.460 e. The summed E-state index contributed by atoms with van der Waals surface area (Å²) in [6.45, 7) is 11.9. The molecule has 3 aliphatic heterocycles. The number of hydrogen-bond acceptors (Lipinski definition) is 16. The normalized spacial score (nSPS) is 36.8. The number of cyclic esters (lactones) is 1. The first kappa shape index (κ1) is 62.4. The molecule has 4 rings (SSSR count). The first-order valence-corrected chi connectivity index (χ1v) is 26.8. The number of carbonyl (C=O) groups excluding carboxylic acids is 6. The van der Waals surface area contributed by atoms with Gasteiger partial charge >= 0.3 is 12.1 Å². The molecule has 0 aromatic carbocycles. The fourth-order valence-corrected chi connectivity index (χ4v) is 11.0. The van der Waals surface area contributed by atoms with Crippen LogP contribution in [0.3, 0.4) is 0 Å². The number of piperidine rings is 1. The van der Waals surface area contributed by atoms with Crippen molar-refractivity contribution in [2.75, 3.05) is 54.2 Å². The molecular weight excluding hydrogens is 957 g/mol. The average Bonchev–Trinajstić information content (AvgIpc) is 3.37. The van der Waals surface area contributed by atoms with Gasteiger partial charge in [0, 0.05) is 71.6 Å². The number of methoxy groups -OCH3 is 3. The van der Waals surface area contributed by atoms with Crippen molar-refractivity contribution in [1.82, 2.24) is 9.80 Å². The number of carbonyl (C=O) groups is 6. The summed E-state index contributed by atoms with van der Waals surface area (Å²) in [5.74, 6) is -8.58. The summed E-state index contributed by atoms with van der Waals surface area (Å²) in [7, 11) is 4.45. The predicted octanol–water partition coefficient (Wildman–Crippen LogP) is 5.61. The molecule has 74 heavy (non-hydrogen) atoms. The topological polar surface area (TPSA) is 245 Å². The van der Waals surface area contributed by atoms with Gasteiger partial charge in [0.15, 0.2) is 5.78 Å². The van der Waals surface area contributed by atoms with Crippen molar-refractivity contribution in [3.8, 4) is 0 Å². The van der Waals surface area contributed by atoms with E-state index in [0.29, 0.717) is 69.8 Å². The van der Waals surface area contributed by atoms with Crippen LogP contribution < -0.4 is 0 Å². The van der Waals surface area contributed by atoms with E-state index in [1.807, 2.05) is 51.2 Å². The minimum Gasteiger partial charge on any atom is -0.460 e. The molecule has 0 spiro atoms. The Hall–Kier alpha value is -4.14. The van der Waals surface area contributed by atoms with Gasteiger partial charge in [0.2, 0.25) is 5.79 Å². The Morgan fingerprint density at radius 2 is 1.55 bits per heavy atom. The van der Waals surface area contributed by atoms with Gasteiger partial charge in [-0.3, -0.25) is 19.2 Å². The van der Waals surface area contributed by atoms with Crippen molar-refractivity contribution >= 4 is 35.3 Å². The number of allylic oxidation sites excluding steroid dienone is 6. The second-order valence-electron chi connectivity index (χ2n) is 21.4. The molecule has 1 aliphatic carbocycles. The van der Waals surface area contributed by atoms with E-state index >= 15 is 0 Å². The molecular formula is C56H88N2O16. The lowest BCUT2D eigenvalue weighted by atomic mass is 9.78. The first-order chi connectivity index (χ1) is 35.1. The van der Waals surface area contributed by atoms with Crippen LogP contribution in [0.25, 0.3) is 0 Å². The number of rotatable bonds is 11. The quantitative estimate of drug-likeness (QED) is 0.112. The number of nitrogens with zero attached hydrogens (tertiary/aromatic N) is 2. The van der Waals surface area contributed by atoms with Gasteiger partial charge in [-0.15, -0.1) is 0 Å². The van der Waals surface area contributed by atoms with E-state index in [4.69, 9.17) is 28.4 Å². The number of fused-ring (bicyclic) bond motifs is 3. The fourth-order valence-electron chi connectivity index (χ4n) is 11.0. The Morgan fingerprint density at radius 1 is 0.851 bits per heavy atom. The minimum atomic E-state index is -2.47. The van der Waals surface area contributed by atoms with Gasteiger partial charge < -0.3 is 58.6 Å². The number of aliphatic hydroxyl groups excluding tert-OH is 3. The molecule has 2 amide bonds. The number of ether oxygens (including phenoxy) is 6. The van der Waals surface area contributed by atoms with Gasteiger partial charge in [-0.2, -0.15) is 0 Å². The highest BCUT2D eigenvalue weighted by Crippen LogP contribution is 2.38. The molecule has 18 heteroatoms. The van der Waals surface area contributed by atoms with Crippen molar-refractivity contribution < 1.29 is 77.6 Å². The molecule has 18 nitrogen and oxygen atoms in total. The summed E-state index contributed by atoms with van der Waals surface area (Å²) in [6.07, 6.45) is 9.26. The number of esters is 1. The molecule has 0 aromatic heterocycles. The van der Waals surface area contributed by atoms with Gasteiger partial charge in [0.05, 0.1) is 31.5 Å². The van der Waals surface area contributed by atoms with Crippen LogP contribution in [0.4, 0.5) is 4.79 Å². The third kappa shape index (κ3) is 16.9. The molecule has 2 saturated heterocycles. The van der Waals surface area contributed by atoms with Crippen molar-refractivity contribution in [3.63, 3.8) is 0 Å². The monoisotopic (exact) mass is 1040 g/mol. The van der Waals surface area contributed by atoms with Crippen LogP contribution in [0.15, 0.2) is 47.6 Å². The van der Waals surface area contributed by atoms with Crippen LogP contribution in [0.5, 0.6) is 0 Å². The van der Waals surface area contributed by atoms with E-state index in [-0.39, 0.29) is 69.1 Å². The molecule has 0 aromatic rings. The highest BCUT2D eigenvalue weighted by atomic mass is 16.6. The van der Waals surface area contributed by atoms with E-state index in [9.17, 15) is 49.2 Å². The Kier molecular flexibility index (Phi) is 25.3. The Labute approximate surface area is 438 Å². The Balaban J connectivity index is 1.68. The molecule has 3 heterocycles. The maximum absolute atomic E-state index is 14.6. The van der Waals surface area contributed by atoms with E-state index < -0.39 is 102 Å². The van der Waals surface area contributed by atoms with Crippen LogP contribution in [-0.4, -0.2) is 174 Å². The van der Waals surface area contributed by atoms with Crippen molar-refractivity contribution in [3.05, 3.63) is 47.6 Å². The lowest BCUT2D eigenvalue weighted by molar-refractivity contribution is -0.265. The zero-order valence-electron chi connectivity index (χ0n) is 45.7. The number of amides is 2. The molecule has 4 N–H and O–H groups in total. The number of hydrogen-bond donors (Lipinski definition) is 4. The number of Topliss-reactive ketones (excluding diaryl/α,β-unsaturated/α-hetero) is 3. The van der Waals surface area contributed by atoms with Gasteiger partial charge in [0.1, 0.15) is 36.2 Å². The zero-order chi connectivity index (χ0) is 54.9. The summed E-state index contributed by atoms with van der Waals surface area (Å²) < 4.78 is 35.5. The summed E-state index contributed by atoms with van der Waals surface area (Å²) >= 11 is 0. The summed E-state index contributed by atoms with van der Waals surface area (Å²) in [5.41, 5.74) is 1.21. The standard InChI is InChI=1S/C56H88N2O16/c1-34-16-12-11-13-17-35(2)46(69-8)32-42-21-19-40(7)56(68,74-42)52(64)53(65)58-23-15-14-18-43(58)54(66)72-47(33-44(61)36(3)29-39(6)50(63)51(71-10)49(62)38(5)28-34)37(4)30-41-20-22-45(48(31-41)70-9)73-55(67)57(24-26-59)25-27-60/h11-13,16-17,29,34,36-38,40-43,45-48,50-51,59-60,63,68H,14-15,18-28,30-33H2,1-10H3/b13-11+,16-12+,35-17+,39-29+/t34-,36-,37-,38-,40?,41+,42+,43+,45-,46+,47+,48-,50-,51+,56-/m1/s1. The summed E-state index contributed by atoms with van der Waals surface area (Å²) in [6, 6.07) is -1.20. The SMILES string of the molecule is CO[C@H]1C[C@@H]2CCC(C)[C@@](O)(O2)C(=O)C(=O)N2CCCC[C@H]2C(=O)O[C@H]([C@H](C)C[C@@H]2CC[C@@H](OC(=O)N(CCO)CCO)[C@H](OC)C2)CC(=O)[C@H](C)/C=C(\C)[C@@H](O)[C@@H](OC)C(=O)[C@H](C)C[C@H](C)/C=C/C=C/C=C/1C. The first-order valence-electron chi connectivity index (χ1n) is 26.8. The maximum Gasteiger partial charge on any atom is 0.410 e. The van der Waals surface area contributed by atoms with E-state index in [2.05, 4.69) is 0 Å². The van der Waals surface area contributed by atoms with Crippen molar-refractivity contribution in [1.29, 1.82) is 0 Å². The van der Waals surface area contributed by atoms with E-state index in [1.54, 1.807) is 40.9 Å². The van der Waals surface area contributed by atoms with Crippen LogP contribution in [0, 0.1) is 35.5 Å². The lowest BCUT2D eigenvalue weighted by Crippen LogP contribution is -2.61. The van der Waals surface area contributed by atoms with E-state index in [0.717, 1.165) is 10.5 Å². The summed E-state index contributed by atoms with van der Waals surface area (Å²) in [4.78, 5) is 86.7. The predicted molar refractivity (Wildman–Crippen MR) is 275 cm³/mol. The maximum atomic E-state index is 14.6. The number of ketones is 3. The highest BCUT2D eigenvalue weighted by molar-refractivity contribution is 6.39.